The molecular formula is C25H19BrN4O3S. The Morgan fingerprint density at radius 3 is 2.71 bits per heavy atom. The molecule has 0 bridgehead atoms. The van der Waals surface area contributed by atoms with Crippen molar-refractivity contribution in [2.45, 2.75) is 18.3 Å². The molecule has 0 aliphatic carbocycles. The molecular weight excluding hydrogens is 516 g/mol. The summed E-state index contributed by atoms with van der Waals surface area (Å²) >= 11 is 4.85. The molecule has 3 heterocycles. The van der Waals surface area contributed by atoms with E-state index in [0.717, 1.165) is 10.0 Å². The van der Waals surface area contributed by atoms with E-state index >= 15 is 0 Å². The zero-order chi connectivity index (χ0) is 23.7. The molecule has 9 heteroatoms. The first-order valence-electron chi connectivity index (χ1n) is 10.4. The fourth-order valence-corrected chi connectivity index (χ4v) is 4.46. The summed E-state index contributed by atoms with van der Waals surface area (Å²) in [5.74, 6) is 1.84. The van der Waals surface area contributed by atoms with Crippen LogP contribution >= 0.6 is 27.7 Å². The van der Waals surface area contributed by atoms with Gasteiger partial charge in [0.25, 0.3) is 0 Å². The minimum atomic E-state index is -0.877. The second-order valence-electron chi connectivity index (χ2n) is 7.43. The minimum absolute atomic E-state index is 0.207. The van der Waals surface area contributed by atoms with Gasteiger partial charge in [0.1, 0.15) is 5.76 Å². The number of fused-ring (bicyclic) bond motifs is 3. The average molecular weight is 535 g/mol. The predicted octanol–water partition coefficient (Wildman–Crippen LogP) is 6.28. The lowest BCUT2D eigenvalue weighted by atomic mass is 10.1. The van der Waals surface area contributed by atoms with Gasteiger partial charge in [-0.25, -0.2) is 0 Å². The molecule has 1 aliphatic heterocycles. The Labute approximate surface area is 209 Å². The number of nitrogens with zero attached hydrogens (tertiary/aromatic N) is 4. The number of furan rings is 1. The molecule has 0 saturated heterocycles. The van der Waals surface area contributed by atoms with Crippen LogP contribution in [0.1, 0.15) is 18.9 Å². The van der Waals surface area contributed by atoms with Gasteiger partial charge in [-0.05, 0) is 30.3 Å². The molecule has 0 saturated carbocycles. The highest BCUT2D eigenvalue weighted by atomic mass is 79.9. The monoisotopic (exact) mass is 534 g/mol. The van der Waals surface area contributed by atoms with Crippen LogP contribution in [0.15, 0.2) is 87.4 Å². The molecule has 4 aromatic rings. The van der Waals surface area contributed by atoms with Crippen molar-refractivity contribution in [2.24, 2.45) is 0 Å². The van der Waals surface area contributed by atoms with Gasteiger partial charge in [-0.15, -0.1) is 16.8 Å². The Hall–Kier alpha value is -3.43. The summed E-state index contributed by atoms with van der Waals surface area (Å²) in [6, 6.07) is 18.9. The Kier molecular flexibility index (Phi) is 6.21. The molecule has 34 heavy (non-hydrogen) atoms. The highest BCUT2D eigenvalue weighted by molar-refractivity contribution is 9.10. The summed E-state index contributed by atoms with van der Waals surface area (Å²) < 4.78 is 13.5. The van der Waals surface area contributed by atoms with E-state index < -0.39 is 6.23 Å². The van der Waals surface area contributed by atoms with Crippen LogP contribution in [-0.2, 0) is 4.79 Å². The highest BCUT2D eigenvalue weighted by Crippen LogP contribution is 2.44. The predicted molar refractivity (Wildman–Crippen MR) is 135 cm³/mol. The van der Waals surface area contributed by atoms with Crippen molar-refractivity contribution in [2.75, 3.05) is 10.7 Å². The normalized spacial score (nSPS) is 14.5. The van der Waals surface area contributed by atoms with Crippen molar-refractivity contribution in [3.05, 3.63) is 83.6 Å². The maximum Gasteiger partial charge on any atom is 0.247 e. The lowest BCUT2D eigenvalue weighted by Crippen LogP contribution is -2.35. The third kappa shape index (κ3) is 4.24. The molecule has 2 aromatic carbocycles. The smallest absolute Gasteiger partial charge is 0.247 e. The lowest BCUT2D eigenvalue weighted by Gasteiger charge is -2.28. The summed E-state index contributed by atoms with van der Waals surface area (Å²) in [5.41, 5.74) is 2.72. The van der Waals surface area contributed by atoms with Crippen LogP contribution in [0.2, 0.25) is 0 Å². The second kappa shape index (κ2) is 9.44. The Bertz CT molecular complexity index is 1370. The summed E-state index contributed by atoms with van der Waals surface area (Å²) in [6.45, 7) is 5.23. The minimum Gasteiger partial charge on any atom is -0.455 e. The number of thioether (sulfide) groups is 1. The molecule has 170 valence electrons. The number of aromatic nitrogens is 3. The molecule has 2 aromatic heterocycles. The van der Waals surface area contributed by atoms with E-state index in [-0.39, 0.29) is 11.8 Å². The number of ether oxygens (including phenoxy) is 1. The van der Waals surface area contributed by atoms with Gasteiger partial charge >= 0.3 is 0 Å². The number of carbonyl (C=O) groups is 1. The van der Waals surface area contributed by atoms with Gasteiger partial charge in [0.05, 0.1) is 5.69 Å². The zero-order valence-corrected chi connectivity index (χ0v) is 20.5. The fraction of sp³-hybridized carbons (Fsp3) is 0.120. The maximum atomic E-state index is 12.9. The van der Waals surface area contributed by atoms with Crippen molar-refractivity contribution in [1.82, 2.24) is 15.2 Å². The number of carbonyl (C=O) groups excluding carboxylic acids is 1. The number of hydrogen-bond donors (Lipinski definition) is 0. The van der Waals surface area contributed by atoms with Gasteiger partial charge in [-0.1, -0.05) is 64.1 Å². The van der Waals surface area contributed by atoms with Crippen molar-refractivity contribution >= 4 is 39.3 Å². The molecule has 0 radical (unpaired) electrons. The van der Waals surface area contributed by atoms with Crippen LogP contribution in [-0.4, -0.2) is 26.8 Å². The molecule has 1 aliphatic rings. The Morgan fingerprint density at radius 1 is 1.15 bits per heavy atom. The van der Waals surface area contributed by atoms with Crippen LogP contribution in [0.5, 0.6) is 5.88 Å². The Morgan fingerprint density at radius 2 is 1.94 bits per heavy atom. The molecule has 0 spiro atoms. The van der Waals surface area contributed by atoms with Crippen LogP contribution in [0.4, 0.5) is 5.69 Å². The number of para-hydroxylation sites is 1. The van der Waals surface area contributed by atoms with E-state index in [1.165, 1.54) is 18.7 Å². The molecule has 7 nitrogen and oxygen atoms in total. The van der Waals surface area contributed by atoms with E-state index in [1.54, 1.807) is 11.0 Å². The Balaban J connectivity index is 1.63. The molecule has 0 fully saturated rings. The van der Waals surface area contributed by atoms with Gasteiger partial charge in [0, 0.05) is 28.3 Å². The second-order valence-corrected chi connectivity index (χ2v) is 9.34. The third-order valence-corrected chi connectivity index (χ3v) is 6.54. The molecule has 1 amide bonds. The van der Waals surface area contributed by atoms with Crippen molar-refractivity contribution in [3.8, 4) is 28.5 Å². The zero-order valence-electron chi connectivity index (χ0n) is 18.1. The molecule has 0 unspecified atom stereocenters. The van der Waals surface area contributed by atoms with Gasteiger partial charge in [-0.3, -0.25) is 9.69 Å². The van der Waals surface area contributed by atoms with Gasteiger partial charge < -0.3 is 9.15 Å². The number of rotatable bonds is 5. The van der Waals surface area contributed by atoms with Crippen LogP contribution in [0.25, 0.3) is 22.6 Å². The summed E-state index contributed by atoms with van der Waals surface area (Å²) in [6.07, 6.45) is 0.890. The summed E-state index contributed by atoms with van der Waals surface area (Å²) in [5, 5.41) is 9.08. The quantitative estimate of drug-likeness (QED) is 0.220. The first-order valence-corrected chi connectivity index (χ1v) is 12.2. The van der Waals surface area contributed by atoms with Gasteiger partial charge in [-0.2, -0.15) is 4.98 Å². The van der Waals surface area contributed by atoms with Crippen molar-refractivity contribution in [1.29, 1.82) is 0 Å². The van der Waals surface area contributed by atoms with Crippen LogP contribution in [0, 0.1) is 0 Å². The SMILES string of the molecule is C=CCSc1nnc2c(n1)O[C@H](c1ccc(-c3ccc(Br)cc3)o1)N(C(C)=O)c1ccccc1-2. The van der Waals surface area contributed by atoms with Crippen LogP contribution < -0.4 is 9.64 Å². The molecule has 1 atom stereocenters. The average Bonchev–Trinajstić information content (AvgIpc) is 3.28. The number of amides is 1. The maximum absolute atomic E-state index is 12.9. The number of benzene rings is 2. The molecule has 5 rings (SSSR count). The van der Waals surface area contributed by atoms with Crippen molar-refractivity contribution in [3.63, 3.8) is 0 Å². The first kappa shape index (κ1) is 22.4. The largest absolute Gasteiger partial charge is 0.455 e. The van der Waals surface area contributed by atoms with E-state index in [4.69, 9.17) is 9.15 Å². The standard InChI is InChI=1S/C25H19BrN4O3S/c1-3-14-34-25-27-23-22(28-29-25)18-6-4-5-7-19(18)30(15(2)31)24(33-23)21-13-12-20(32-21)16-8-10-17(26)11-9-16/h3-13,24H,1,14H2,2H3/t24-/m1/s1. The van der Waals surface area contributed by atoms with E-state index in [9.17, 15) is 4.79 Å². The molecule has 0 N–H and O–H groups in total. The van der Waals surface area contributed by atoms with E-state index in [2.05, 4.69) is 37.7 Å². The number of hydrogen-bond acceptors (Lipinski definition) is 7. The van der Waals surface area contributed by atoms with E-state index in [1.807, 2.05) is 60.7 Å². The fourth-order valence-electron chi connectivity index (χ4n) is 3.69. The lowest BCUT2D eigenvalue weighted by molar-refractivity contribution is -0.118. The van der Waals surface area contributed by atoms with Gasteiger partial charge in [0.2, 0.25) is 23.2 Å². The first-order chi connectivity index (χ1) is 16.5. The van der Waals surface area contributed by atoms with E-state index in [0.29, 0.717) is 39.4 Å². The van der Waals surface area contributed by atoms with Gasteiger partial charge in [0.15, 0.2) is 11.5 Å². The third-order valence-electron chi connectivity index (χ3n) is 5.18. The van der Waals surface area contributed by atoms with Crippen molar-refractivity contribution < 1.29 is 13.9 Å². The number of anilines is 1. The van der Waals surface area contributed by atoms with Crippen LogP contribution in [0.3, 0.4) is 0 Å². The highest BCUT2D eigenvalue weighted by Gasteiger charge is 2.36. The summed E-state index contributed by atoms with van der Waals surface area (Å²) in [7, 11) is 0. The number of halogens is 1. The summed E-state index contributed by atoms with van der Waals surface area (Å²) in [4.78, 5) is 19.0. The topological polar surface area (TPSA) is 81.3 Å².